The summed E-state index contributed by atoms with van der Waals surface area (Å²) in [7, 11) is 0. The van der Waals surface area contributed by atoms with E-state index in [2.05, 4.69) is 16.0 Å². The number of hydrogen-bond donors (Lipinski definition) is 4. The first-order valence-electron chi connectivity index (χ1n) is 7.63. The Morgan fingerprint density at radius 1 is 1.19 bits per heavy atom. The number of nitrogens with one attached hydrogen (secondary N) is 3. The number of hydrogen-bond acceptors (Lipinski definition) is 3. The summed E-state index contributed by atoms with van der Waals surface area (Å²) in [6, 6.07) is -0.690. The van der Waals surface area contributed by atoms with Gasteiger partial charge in [-0.25, -0.2) is 4.79 Å². The van der Waals surface area contributed by atoms with Crippen molar-refractivity contribution in [2.45, 2.75) is 57.0 Å². The van der Waals surface area contributed by atoms with Gasteiger partial charge >= 0.3 is 12.0 Å². The van der Waals surface area contributed by atoms with Crippen LogP contribution in [0.15, 0.2) is 0 Å². The molecule has 2 rings (SSSR count). The maximum Gasteiger partial charge on any atom is 0.315 e. The van der Waals surface area contributed by atoms with Crippen LogP contribution in [0.3, 0.4) is 0 Å². The monoisotopic (exact) mass is 297 g/mol. The second-order valence-electron chi connectivity index (χ2n) is 5.85. The SMILES string of the molecule is O=C1CCC(CNC(=O)NC2CCCCCC2C(=O)O)N1. The minimum Gasteiger partial charge on any atom is -0.481 e. The molecule has 1 saturated heterocycles. The molecule has 3 unspecified atom stereocenters. The lowest BCUT2D eigenvalue weighted by Gasteiger charge is -2.23. The predicted molar refractivity (Wildman–Crippen MR) is 75.7 cm³/mol. The van der Waals surface area contributed by atoms with Crippen molar-refractivity contribution in [1.29, 1.82) is 0 Å². The molecule has 3 atom stereocenters. The van der Waals surface area contributed by atoms with E-state index >= 15 is 0 Å². The van der Waals surface area contributed by atoms with Gasteiger partial charge in [0, 0.05) is 25.0 Å². The molecule has 0 aromatic rings. The number of amides is 3. The van der Waals surface area contributed by atoms with Crippen molar-refractivity contribution in [2.24, 2.45) is 5.92 Å². The second-order valence-corrected chi connectivity index (χ2v) is 5.85. The quantitative estimate of drug-likeness (QED) is 0.570. The van der Waals surface area contributed by atoms with Crippen LogP contribution in [-0.2, 0) is 9.59 Å². The Bertz CT molecular complexity index is 413. The van der Waals surface area contributed by atoms with Crippen LogP contribution in [0.4, 0.5) is 4.79 Å². The highest BCUT2D eigenvalue weighted by atomic mass is 16.4. The van der Waals surface area contributed by atoms with Gasteiger partial charge in [-0.3, -0.25) is 9.59 Å². The first kappa shape index (κ1) is 15.6. The van der Waals surface area contributed by atoms with Crippen molar-refractivity contribution in [2.75, 3.05) is 6.54 Å². The molecule has 118 valence electrons. The Morgan fingerprint density at radius 3 is 2.62 bits per heavy atom. The first-order chi connectivity index (χ1) is 10.1. The fraction of sp³-hybridized carbons (Fsp3) is 0.786. The summed E-state index contributed by atoms with van der Waals surface area (Å²) in [6.45, 7) is 0.377. The van der Waals surface area contributed by atoms with E-state index in [-0.39, 0.29) is 24.0 Å². The van der Waals surface area contributed by atoms with E-state index in [4.69, 9.17) is 0 Å². The van der Waals surface area contributed by atoms with E-state index in [1.807, 2.05) is 0 Å². The van der Waals surface area contributed by atoms with Crippen molar-refractivity contribution in [3.05, 3.63) is 0 Å². The van der Waals surface area contributed by atoms with Crippen LogP contribution in [0.25, 0.3) is 0 Å². The number of rotatable bonds is 4. The van der Waals surface area contributed by atoms with E-state index < -0.39 is 11.9 Å². The smallest absolute Gasteiger partial charge is 0.315 e. The molecule has 7 nitrogen and oxygen atoms in total. The van der Waals surface area contributed by atoms with Gasteiger partial charge in [0.15, 0.2) is 0 Å². The molecule has 0 aromatic carbocycles. The molecule has 3 amide bonds. The molecule has 2 aliphatic rings. The Kier molecular flexibility index (Phi) is 5.41. The maximum atomic E-state index is 11.9. The highest BCUT2D eigenvalue weighted by Crippen LogP contribution is 2.23. The molecule has 7 heteroatoms. The minimum atomic E-state index is -0.842. The maximum absolute atomic E-state index is 11.9. The summed E-state index contributed by atoms with van der Waals surface area (Å²) < 4.78 is 0. The molecule has 1 aliphatic heterocycles. The third-order valence-corrected chi connectivity index (χ3v) is 4.24. The zero-order valence-electron chi connectivity index (χ0n) is 12.1. The van der Waals surface area contributed by atoms with Crippen molar-refractivity contribution >= 4 is 17.9 Å². The first-order valence-corrected chi connectivity index (χ1v) is 7.63. The zero-order chi connectivity index (χ0) is 15.2. The predicted octanol–water partition coefficient (Wildman–Crippen LogP) is 0.598. The molecule has 1 aliphatic carbocycles. The minimum absolute atomic E-state index is 0.0110. The molecule has 2 fully saturated rings. The van der Waals surface area contributed by atoms with Crippen molar-refractivity contribution in [1.82, 2.24) is 16.0 Å². The molecule has 0 radical (unpaired) electrons. The largest absolute Gasteiger partial charge is 0.481 e. The zero-order valence-corrected chi connectivity index (χ0v) is 12.1. The van der Waals surface area contributed by atoms with Gasteiger partial charge in [0.25, 0.3) is 0 Å². The van der Waals surface area contributed by atoms with Gasteiger partial charge in [0.2, 0.25) is 5.91 Å². The lowest BCUT2D eigenvalue weighted by atomic mass is 9.95. The highest BCUT2D eigenvalue weighted by Gasteiger charge is 2.30. The summed E-state index contributed by atoms with van der Waals surface area (Å²) in [4.78, 5) is 34.3. The summed E-state index contributed by atoms with van der Waals surface area (Å²) in [5.41, 5.74) is 0. The molecule has 4 N–H and O–H groups in total. The molecular weight excluding hydrogens is 274 g/mol. The molecule has 0 aromatic heterocycles. The van der Waals surface area contributed by atoms with Gasteiger partial charge in [0.05, 0.1) is 5.92 Å². The fourth-order valence-electron chi connectivity index (χ4n) is 3.04. The summed E-state index contributed by atoms with van der Waals surface area (Å²) >= 11 is 0. The van der Waals surface area contributed by atoms with E-state index in [1.165, 1.54) is 0 Å². The average Bonchev–Trinajstić information content (AvgIpc) is 2.70. The Labute approximate surface area is 123 Å². The van der Waals surface area contributed by atoms with Gasteiger partial charge in [-0.1, -0.05) is 19.3 Å². The van der Waals surface area contributed by atoms with Crippen LogP contribution >= 0.6 is 0 Å². The van der Waals surface area contributed by atoms with Gasteiger partial charge in [0.1, 0.15) is 0 Å². The molecule has 0 bridgehead atoms. The third-order valence-electron chi connectivity index (χ3n) is 4.24. The number of urea groups is 1. The number of carboxylic acids is 1. The van der Waals surface area contributed by atoms with Gasteiger partial charge in [-0.05, 0) is 19.3 Å². The standard InChI is InChI=1S/C14H23N3O4/c18-12-7-6-9(16-12)8-15-14(21)17-11-5-3-1-2-4-10(11)13(19)20/h9-11H,1-8H2,(H,16,18)(H,19,20)(H2,15,17,21). The van der Waals surface area contributed by atoms with Crippen LogP contribution in [0.5, 0.6) is 0 Å². The van der Waals surface area contributed by atoms with Gasteiger partial charge in [-0.15, -0.1) is 0 Å². The molecule has 0 spiro atoms. The Hall–Kier alpha value is -1.79. The van der Waals surface area contributed by atoms with Crippen molar-refractivity contribution in [3.8, 4) is 0 Å². The normalized spacial score (nSPS) is 29.3. The lowest BCUT2D eigenvalue weighted by Crippen LogP contribution is -2.49. The summed E-state index contributed by atoms with van der Waals surface area (Å²) in [6.07, 6.45) is 5.37. The average molecular weight is 297 g/mol. The van der Waals surface area contributed by atoms with Crippen molar-refractivity contribution < 1.29 is 19.5 Å². The highest BCUT2D eigenvalue weighted by molar-refractivity contribution is 5.79. The van der Waals surface area contributed by atoms with Crippen LogP contribution in [-0.4, -0.2) is 41.6 Å². The Morgan fingerprint density at radius 2 is 1.95 bits per heavy atom. The van der Waals surface area contributed by atoms with E-state index in [1.54, 1.807) is 0 Å². The fourth-order valence-corrected chi connectivity index (χ4v) is 3.04. The lowest BCUT2D eigenvalue weighted by molar-refractivity contribution is -0.142. The number of carbonyl (C=O) groups excluding carboxylic acids is 2. The number of aliphatic carboxylic acids is 1. The topological polar surface area (TPSA) is 108 Å². The second kappa shape index (κ2) is 7.28. The Balaban J connectivity index is 1.79. The summed E-state index contributed by atoms with van der Waals surface area (Å²) in [5.74, 6) is -1.34. The van der Waals surface area contributed by atoms with Crippen LogP contribution < -0.4 is 16.0 Å². The van der Waals surface area contributed by atoms with Crippen LogP contribution in [0.2, 0.25) is 0 Å². The molecule has 1 heterocycles. The van der Waals surface area contributed by atoms with E-state index in [9.17, 15) is 19.5 Å². The van der Waals surface area contributed by atoms with Crippen molar-refractivity contribution in [3.63, 3.8) is 0 Å². The van der Waals surface area contributed by atoms with E-state index in [0.29, 0.717) is 25.8 Å². The van der Waals surface area contributed by atoms with Crippen LogP contribution in [0, 0.1) is 5.92 Å². The van der Waals surface area contributed by atoms with Gasteiger partial charge < -0.3 is 21.1 Å². The molecular formula is C14H23N3O4. The number of carboxylic acid groups (broad SMARTS) is 1. The molecule has 21 heavy (non-hydrogen) atoms. The van der Waals surface area contributed by atoms with Gasteiger partial charge in [-0.2, -0.15) is 0 Å². The third kappa shape index (κ3) is 4.61. The summed E-state index contributed by atoms with van der Waals surface area (Å²) in [5, 5.41) is 17.5. The number of carbonyl (C=O) groups is 3. The van der Waals surface area contributed by atoms with Crippen LogP contribution in [0.1, 0.15) is 44.9 Å². The van der Waals surface area contributed by atoms with E-state index in [0.717, 1.165) is 25.7 Å². The molecule has 1 saturated carbocycles.